The predicted octanol–water partition coefficient (Wildman–Crippen LogP) is 22.5. The van der Waals surface area contributed by atoms with Crippen molar-refractivity contribution < 1.29 is 80.2 Å². The predicted molar refractivity (Wildman–Crippen MR) is 386 cm³/mol. The molecular formula is C76H148O17P2. The molecule has 0 saturated heterocycles. The maximum Gasteiger partial charge on any atom is 0.472 e. The Kier molecular flexibility index (Phi) is 67.7. The Morgan fingerprint density at radius 2 is 0.484 bits per heavy atom. The summed E-state index contributed by atoms with van der Waals surface area (Å²) < 4.78 is 68.4. The van der Waals surface area contributed by atoms with Crippen molar-refractivity contribution in [2.24, 2.45) is 5.92 Å². The molecule has 0 amide bonds. The monoisotopic (exact) mass is 1400 g/mol. The standard InChI is InChI=1S/C76H148O17P2/c1-6-9-12-15-18-20-22-24-26-28-30-32-34-36-38-40-45-50-55-60-74(79)87-66-72(92-75(80)61-56-51-46-41-39-37-35-33-31-29-27-25-23-21-19-16-13-10-7-2)68-91-95(84,85)89-64-70(77)63-88-94(82,83)90-67-71(65-86-73(78)59-54-49-43-17-14-11-8-3)93-76(81)62-57-52-47-42-44-48-53-58-69(4)5/h69-72,77H,6-68H2,1-5H3,(H,82,83)(H,84,85)/t70-,71+,72+/m0/s1. The molecule has 0 saturated carbocycles. The SMILES string of the molecule is CCCCCCCCCCCCCCCCCCCCCC(=O)OC[C@H](COP(=O)(O)OC[C@@H](O)COP(=O)(O)OC[C@@H](COC(=O)CCCCCCCCC)OC(=O)CCCCCCCCCC(C)C)OC(=O)CCCCCCCCCCCCCCCCCCCCC. The Bertz CT molecular complexity index is 1820. The van der Waals surface area contributed by atoms with Gasteiger partial charge in [0.1, 0.15) is 19.3 Å². The van der Waals surface area contributed by atoms with Crippen LogP contribution in [-0.2, 0) is 65.4 Å². The number of rotatable bonds is 76. The average molecular weight is 1400 g/mol. The van der Waals surface area contributed by atoms with E-state index in [9.17, 15) is 43.2 Å². The van der Waals surface area contributed by atoms with Crippen LogP contribution in [0.2, 0.25) is 0 Å². The fourth-order valence-corrected chi connectivity index (χ4v) is 13.3. The zero-order valence-electron chi connectivity index (χ0n) is 61.8. The molecule has 0 radical (unpaired) electrons. The van der Waals surface area contributed by atoms with Crippen molar-refractivity contribution >= 4 is 39.5 Å². The van der Waals surface area contributed by atoms with Crippen molar-refractivity contribution in [2.75, 3.05) is 39.6 Å². The van der Waals surface area contributed by atoms with Gasteiger partial charge in [-0.15, -0.1) is 0 Å². The first kappa shape index (κ1) is 93.1. The molecule has 5 atom stereocenters. The minimum atomic E-state index is -4.96. The number of unbranched alkanes of at least 4 members (excludes halogenated alkanes) is 48. The summed E-state index contributed by atoms with van der Waals surface area (Å²) in [6.45, 7) is 7.18. The van der Waals surface area contributed by atoms with Gasteiger partial charge in [0, 0.05) is 25.7 Å². The normalized spacial score (nSPS) is 13.9. The van der Waals surface area contributed by atoms with Gasteiger partial charge < -0.3 is 33.8 Å². The first-order valence-electron chi connectivity index (χ1n) is 39.6. The van der Waals surface area contributed by atoms with Gasteiger partial charge in [-0.2, -0.15) is 0 Å². The fourth-order valence-electron chi connectivity index (χ4n) is 11.7. The van der Waals surface area contributed by atoms with E-state index in [2.05, 4.69) is 34.6 Å². The highest BCUT2D eigenvalue weighted by atomic mass is 31.2. The number of esters is 4. The largest absolute Gasteiger partial charge is 0.472 e. The van der Waals surface area contributed by atoms with Crippen molar-refractivity contribution in [3.05, 3.63) is 0 Å². The highest BCUT2D eigenvalue weighted by Gasteiger charge is 2.30. The molecule has 0 aliphatic carbocycles. The lowest BCUT2D eigenvalue weighted by atomic mass is 10.0. The number of carbonyl (C=O) groups excluding carboxylic acids is 4. The van der Waals surface area contributed by atoms with E-state index in [1.807, 2.05) is 0 Å². The second-order valence-electron chi connectivity index (χ2n) is 27.9. The van der Waals surface area contributed by atoms with Crippen molar-refractivity contribution in [2.45, 2.75) is 419 Å². The van der Waals surface area contributed by atoms with Crippen LogP contribution in [0.15, 0.2) is 0 Å². The van der Waals surface area contributed by atoms with E-state index in [0.29, 0.717) is 31.6 Å². The second-order valence-corrected chi connectivity index (χ2v) is 30.8. The van der Waals surface area contributed by atoms with Crippen LogP contribution in [0.1, 0.15) is 401 Å². The van der Waals surface area contributed by atoms with Gasteiger partial charge in [0.2, 0.25) is 0 Å². The van der Waals surface area contributed by atoms with Gasteiger partial charge in [-0.05, 0) is 31.6 Å². The maximum atomic E-state index is 13.1. The van der Waals surface area contributed by atoms with Crippen LogP contribution in [0.25, 0.3) is 0 Å². The molecule has 0 heterocycles. The lowest BCUT2D eigenvalue weighted by Crippen LogP contribution is -2.30. The third-order valence-corrected chi connectivity index (χ3v) is 19.7. The quantitative estimate of drug-likeness (QED) is 0.0222. The van der Waals surface area contributed by atoms with Crippen LogP contribution in [0.3, 0.4) is 0 Å². The number of phosphoric ester groups is 2. The van der Waals surface area contributed by atoms with Crippen LogP contribution in [0, 0.1) is 5.92 Å². The molecular weight excluding hydrogens is 1250 g/mol. The maximum absolute atomic E-state index is 13.1. The molecule has 0 fully saturated rings. The van der Waals surface area contributed by atoms with Crippen molar-refractivity contribution in [3.8, 4) is 0 Å². The Balaban J connectivity index is 5.16. The number of aliphatic hydroxyl groups excluding tert-OH is 1. The Morgan fingerprint density at radius 1 is 0.284 bits per heavy atom. The summed E-state index contributed by atoms with van der Waals surface area (Å²) in [4.78, 5) is 72.6. The van der Waals surface area contributed by atoms with E-state index in [1.165, 1.54) is 212 Å². The van der Waals surface area contributed by atoms with E-state index in [-0.39, 0.29) is 25.7 Å². The van der Waals surface area contributed by atoms with Gasteiger partial charge in [0.25, 0.3) is 0 Å². The molecule has 0 rings (SSSR count). The summed E-state index contributed by atoms with van der Waals surface area (Å²) in [6, 6.07) is 0. The molecule has 0 bridgehead atoms. The molecule has 0 aromatic rings. The van der Waals surface area contributed by atoms with E-state index in [0.717, 1.165) is 103 Å². The highest BCUT2D eigenvalue weighted by molar-refractivity contribution is 7.47. The molecule has 0 spiro atoms. The van der Waals surface area contributed by atoms with E-state index in [4.69, 9.17) is 37.0 Å². The number of hydrogen-bond acceptors (Lipinski definition) is 15. The second kappa shape index (κ2) is 69.2. The summed E-state index contributed by atoms with van der Waals surface area (Å²) in [5.41, 5.74) is 0. The molecule has 0 aliphatic heterocycles. The summed E-state index contributed by atoms with van der Waals surface area (Å²) in [5.74, 6) is -1.43. The lowest BCUT2D eigenvalue weighted by molar-refractivity contribution is -0.161. The molecule has 564 valence electrons. The van der Waals surface area contributed by atoms with Gasteiger partial charge in [-0.25, -0.2) is 9.13 Å². The minimum absolute atomic E-state index is 0.104. The smallest absolute Gasteiger partial charge is 0.462 e. The van der Waals surface area contributed by atoms with Gasteiger partial charge in [-0.1, -0.05) is 349 Å². The minimum Gasteiger partial charge on any atom is -0.462 e. The van der Waals surface area contributed by atoms with E-state index >= 15 is 0 Å². The van der Waals surface area contributed by atoms with Crippen LogP contribution in [-0.4, -0.2) is 96.7 Å². The van der Waals surface area contributed by atoms with Gasteiger partial charge in [0.15, 0.2) is 12.2 Å². The van der Waals surface area contributed by atoms with Crippen molar-refractivity contribution in [1.29, 1.82) is 0 Å². The molecule has 0 aromatic heterocycles. The van der Waals surface area contributed by atoms with E-state index < -0.39 is 97.5 Å². The third kappa shape index (κ3) is 70.3. The number of carbonyl (C=O) groups is 4. The molecule has 17 nitrogen and oxygen atoms in total. The number of aliphatic hydroxyl groups is 1. The average Bonchev–Trinajstić information content (AvgIpc) is 1.80. The zero-order valence-corrected chi connectivity index (χ0v) is 63.6. The Morgan fingerprint density at radius 3 is 0.716 bits per heavy atom. The summed E-state index contributed by atoms with van der Waals surface area (Å²) >= 11 is 0. The topological polar surface area (TPSA) is 237 Å². The molecule has 0 aliphatic rings. The third-order valence-electron chi connectivity index (χ3n) is 17.8. The summed E-state index contributed by atoms with van der Waals surface area (Å²) in [6.07, 6.45) is 58.7. The van der Waals surface area contributed by atoms with Crippen LogP contribution in [0.5, 0.6) is 0 Å². The Labute approximate surface area is 581 Å². The number of ether oxygens (including phenoxy) is 4. The van der Waals surface area contributed by atoms with Gasteiger partial charge in [0.05, 0.1) is 26.4 Å². The van der Waals surface area contributed by atoms with Crippen LogP contribution < -0.4 is 0 Å². The zero-order chi connectivity index (χ0) is 69.8. The number of hydrogen-bond donors (Lipinski definition) is 3. The highest BCUT2D eigenvalue weighted by Crippen LogP contribution is 2.45. The molecule has 95 heavy (non-hydrogen) atoms. The summed E-state index contributed by atoms with van der Waals surface area (Å²) in [5, 5.41) is 10.6. The Hall–Kier alpha value is -1.94. The first-order chi connectivity index (χ1) is 46.0. The van der Waals surface area contributed by atoms with Crippen LogP contribution >= 0.6 is 15.6 Å². The molecule has 3 N–H and O–H groups in total. The van der Waals surface area contributed by atoms with Crippen molar-refractivity contribution in [1.82, 2.24) is 0 Å². The first-order valence-corrected chi connectivity index (χ1v) is 42.6. The van der Waals surface area contributed by atoms with Crippen LogP contribution in [0.4, 0.5) is 0 Å². The van der Waals surface area contributed by atoms with Gasteiger partial charge >= 0.3 is 39.5 Å². The van der Waals surface area contributed by atoms with Crippen molar-refractivity contribution in [3.63, 3.8) is 0 Å². The molecule has 2 unspecified atom stereocenters. The fraction of sp³-hybridized carbons (Fsp3) is 0.947. The summed E-state index contributed by atoms with van der Waals surface area (Å²) in [7, 11) is -9.90. The van der Waals surface area contributed by atoms with E-state index in [1.54, 1.807) is 0 Å². The molecule has 0 aromatic carbocycles. The molecule has 19 heteroatoms. The van der Waals surface area contributed by atoms with Gasteiger partial charge in [-0.3, -0.25) is 37.3 Å². The number of phosphoric acid groups is 2. The lowest BCUT2D eigenvalue weighted by Gasteiger charge is -2.21.